The van der Waals surface area contributed by atoms with Gasteiger partial charge in [-0.1, -0.05) is 49.2 Å². The highest BCUT2D eigenvalue weighted by atomic mass is 35.5. The Morgan fingerprint density at radius 1 is 0.973 bits per heavy atom. The van der Waals surface area contributed by atoms with Gasteiger partial charge in [0.25, 0.3) is 5.91 Å². The van der Waals surface area contributed by atoms with Crippen molar-refractivity contribution in [2.45, 2.75) is 39.7 Å². The van der Waals surface area contributed by atoms with E-state index in [2.05, 4.69) is 6.92 Å². The Labute approximate surface area is 220 Å². The largest absolute Gasteiger partial charge is 0.490 e. The standard InChI is InChI=1S/C30H28ClNO5/c1-4-6-15-36-24-14-12-19(16-25(24)35-5-2)27-26-28(33)21-9-7-8-10-23(21)37-29(26)30(34)32(27)20-13-11-18(3)22(31)17-20/h7-14,16-17,27H,4-6,15H2,1-3H3. The van der Waals surface area contributed by atoms with E-state index in [1.54, 1.807) is 35.2 Å². The van der Waals surface area contributed by atoms with Crippen molar-refractivity contribution < 1.29 is 18.7 Å². The summed E-state index contributed by atoms with van der Waals surface area (Å²) in [4.78, 5) is 29.2. The predicted molar refractivity (Wildman–Crippen MR) is 145 cm³/mol. The number of hydrogen-bond donors (Lipinski definition) is 0. The Kier molecular flexibility index (Phi) is 6.94. The van der Waals surface area contributed by atoms with E-state index in [1.165, 1.54) is 0 Å². The van der Waals surface area contributed by atoms with Gasteiger partial charge in [0, 0.05) is 10.7 Å². The quantitative estimate of drug-likeness (QED) is 0.233. The highest BCUT2D eigenvalue weighted by molar-refractivity contribution is 6.31. The molecule has 1 amide bonds. The van der Waals surface area contributed by atoms with E-state index in [4.69, 9.17) is 25.5 Å². The van der Waals surface area contributed by atoms with Crippen LogP contribution in [0.3, 0.4) is 0 Å². The van der Waals surface area contributed by atoms with Gasteiger partial charge in [0.1, 0.15) is 5.58 Å². The van der Waals surface area contributed by atoms with Crippen LogP contribution >= 0.6 is 11.6 Å². The molecule has 2 heterocycles. The Bertz CT molecular complexity index is 1540. The van der Waals surface area contributed by atoms with Crippen molar-refractivity contribution in [2.75, 3.05) is 18.1 Å². The summed E-state index contributed by atoms with van der Waals surface area (Å²) in [6, 6.07) is 17.2. The summed E-state index contributed by atoms with van der Waals surface area (Å²) < 4.78 is 17.9. The molecule has 0 saturated carbocycles. The third-order valence-corrected chi connectivity index (χ3v) is 6.96. The van der Waals surface area contributed by atoms with Gasteiger partial charge >= 0.3 is 0 Å². The zero-order valence-corrected chi connectivity index (χ0v) is 21.8. The normalized spacial score (nSPS) is 14.8. The first-order valence-electron chi connectivity index (χ1n) is 12.5. The number of carbonyl (C=O) groups is 1. The van der Waals surface area contributed by atoms with E-state index in [0.717, 1.165) is 18.4 Å². The summed E-state index contributed by atoms with van der Waals surface area (Å²) in [5, 5.41) is 0.950. The SMILES string of the molecule is CCCCOc1ccc(C2c3c(oc4ccccc4c3=O)C(=O)N2c2ccc(C)c(Cl)c2)cc1OCC. The lowest BCUT2D eigenvalue weighted by molar-refractivity contribution is 0.0971. The van der Waals surface area contributed by atoms with Crippen molar-refractivity contribution in [3.05, 3.63) is 98.4 Å². The molecule has 37 heavy (non-hydrogen) atoms. The number of aryl methyl sites for hydroxylation is 1. The zero-order chi connectivity index (χ0) is 26.1. The molecule has 7 heteroatoms. The third kappa shape index (κ3) is 4.46. The molecule has 0 radical (unpaired) electrons. The molecule has 1 atom stereocenters. The summed E-state index contributed by atoms with van der Waals surface area (Å²) in [7, 11) is 0. The maximum absolute atomic E-state index is 13.8. The molecule has 5 rings (SSSR count). The fourth-order valence-electron chi connectivity index (χ4n) is 4.64. The first kappa shape index (κ1) is 24.9. The number of amides is 1. The number of para-hydroxylation sites is 1. The topological polar surface area (TPSA) is 69.0 Å². The van der Waals surface area contributed by atoms with Crippen molar-refractivity contribution in [2.24, 2.45) is 0 Å². The van der Waals surface area contributed by atoms with Gasteiger partial charge < -0.3 is 13.9 Å². The number of anilines is 1. The average Bonchev–Trinajstić information content (AvgIpc) is 3.19. The van der Waals surface area contributed by atoms with Crippen molar-refractivity contribution in [1.82, 2.24) is 0 Å². The number of carbonyl (C=O) groups excluding carboxylic acids is 1. The molecule has 1 aromatic heterocycles. The van der Waals surface area contributed by atoms with E-state index in [-0.39, 0.29) is 11.2 Å². The maximum atomic E-state index is 13.8. The number of fused-ring (bicyclic) bond motifs is 2. The van der Waals surface area contributed by atoms with Crippen LogP contribution in [-0.4, -0.2) is 19.1 Å². The first-order valence-corrected chi connectivity index (χ1v) is 12.9. The molecule has 1 aliphatic rings. The van der Waals surface area contributed by atoms with E-state index in [1.807, 2.05) is 44.2 Å². The molecule has 0 fully saturated rings. The van der Waals surface area contributed by atoms with Crippen molar-refractivity contribution in [1.29, 1.82) is 0 Å². The molecule has 4 aromatic rings. The van der Waals surface area contributed by atoms with Crippen LogP contribution in [0.2, 0.25) is 5.02 Å². The Balaban J connectivity index is 1.72. The number of unbranched alkanes of at least 4 members (excludes halogenated alkanes) is 1. The lowest BCUT2D eigenvalue weighted by Crippen LogP contribution is -2.29. The minimum atomic E-state index is -0.731. The molecule has 0 aliphatic carbocycles. The number of ether oxygens (including phenoxy) is 2. The average molecular weight is 518 g/mol. The third-order valence-electron chi connectivity index (χ3n) is 6.55. The molecule has 3 aromatic carbocycles. The summed E-state index contributed by atoms with van der Waals surface area (Å²) in [5.74, 6) is 0.818. The fourth-order valence-corrected chi connectivity index (χ4v) is 4.82. The van der Waals surface area contributed by atoms with E-state index >= 15 is 0 Å². The number of halogens is 1. The molecular weight excluding hydrogens is 490 g/mol. The number of benzene rings is 3. The number of rotatable bonds is 8. The fraction of sp³-hybridized carbons (Fsp3) is 0.267. The van der Waals surface area contributed by atoms with Crippen molar-refractivity contribution in [3.8, 4) is 11.5 Å². The van der Waals surface area contributed by atoms with Crippen molar-refractivity contribution in [3.63, 3.8) is 0 Å². The smallest absolute Gasteiger partial charge is 0.295 e. The highest BCUT2D eigenvalue weighted by Crippen LogP contribution is 2.44. The Morgan fingerprint density at radius 3 is 2.54 bits per heavy atom. The lowest BCUT2D eigenvalue weighted by Gasteiger charge is -2.26. The predicted octanol–water partition coefficient (Wildman–Crippen LogP) is 7.08. The van der Waals surface area contributed by atoms with Gasteiger partial charge in [0.15, 0.2) is 16.9 Å². The van der Waals surface area contributed by atoms with E-state index in [0.29, 0.717) is 57.5 Å². The highest BCUT2D eigenvalue weighted by Gasteiger charge is 2.44. The molecule has 0 spiro atoms. The van der Waals surface area contributed by atoms with E-state index in [9.17, 15) is 9.59 Å². The van der Waals surface area contributed by atoms with Crippen LogP contribution in [0.15, 0.2) is 69.9 Å². The van der Waals surface area contributed by atoms with Gasteiger partial charge in [-0.2, -0.15) is 0 Å². The van der Waals surface area contributed by atoms with Gasteiger partial charge in [-0.15, -0.1) is 0 Å². The van der Waals surface area contributed by atoms with Crippen LogP contribution in [-0.2, 0) is 0 Å². The minimum absolute atomic E-state index is 0.0339. The summed E-state index contributed by atoms with van der Waals surface area (Å²) >= 11 is 6.45. The van der Waals surface area contributed by atoms with Gasteiger partial charge in [-0.3, -0.25) is 14.5 Å². The van der Waals surface area contributed by atoms with Crippen molar-refractivity contribution >= 4 is 34.2 Å². The molecule has 6 nitrogen and oxygen atoms in total. The maximum Gasteiger partial charge on any atom is 0.295 e. The van der Waals surface area contributed by atoms with Crippen LogP contribution in [0.4, 0.5) is 5.69 Å². The number of hydrogen-bond acceptors (Lipinski definition) is 5. The van der Waals surface area contributed by atoms with Crippen LogP contribution in [0.5, 0.6) is 11.5 Å². The van der Waals surface area contributed by atoms with Crippen LogP contribution in [0.1, 0.15) is 60.0 Å². The Hall–Kier alpha value is -3.77. The number of nitrogens with zero attached hydrogens (tertiary/aromatic N) is 1. The first-order chi connectivity index (χ1) is 17.9. The van der Waals surface area contributed by atoms with Crippen LogP contribution < -0.4 is 19.8 Å². The van der Waals surface area contributed by atoms with Gasteiger partial charge in [0.2, 0.25) is 5.76 Å². The molecule has 0 bridgehead atoms. The van der Waals surface area contributed by atoms with Crippen LogP contribution in [0, 0.1) is 6.92 Å². The summed E-state index contributed by atoms with van der Waals surface area (Å²) in [5.41, 5.74) is 2.59. The summed E-state index contributed by atoms with van der Waals surface area (Å²) in [6.45, 7) is 6.92. The minimum Gasteiger partial charge on any atom is -0.490 e. The second-order valence-electron chi connectivity index (χ2n) is 9.02. The molecule has 190 valence electrons. The van der Waals surface area contributed by atoms with Gasteiger partial charge in [-0.05, 0) is 67.8 Å². The molecule has 1 unspecified atom stereocenters. The second-order valence-corrected chi connectivity index (χ2v) is 9.43. The molecule has 1 aliphatic heterocycles. The van der Waals surface area contributed by atoms with Gasteiger partial charge in [0.05, 0.1) is 30.2 Å². The zero-order valence-electron chi connectivity index (χ0n) is 21.0. The van der Waals surface area contributed by atoms with E-state index < -0.39 is 11.9 Å². The molecular formula is C30H28ClNO5. The lowest BCUT2D eigenvalue weighted by atomic mass is 9.97. The molecule has 0 saturated heterocycles. The monoisotopic (exact) mass is 517 g/mol. The van der Waals surface area contributed by atoms with Crippen LogP contribution in [0.25, 0.3) is 11.0 Å². The summed E-state index contributed by atoms with van der Waals surface area (Å²) in [6.07, 6.45) is 1.94. The molecule has 0 N–H and O–H groups in total. The second kappa shape index (κ2) is 10.3. The van der Waals surface area contributed by atoms with Gasteiger partial charge in [-0.25, -0.2) is 0 Å². The Morgan fingerprint density at radius 2 is 1.78 bits per heavy atom.